The highest BCUT2D eigenvalue weighted by atomic mass is 35.5. The Morgan fingerprint density at radius 3 is 2.65 bits per heavy atom. The fourth-order valence-electron chi connectivity index (χ4n) is 2.19. The summed E-state index contributed by atoms with van der Waals surface area (Å²) in [7, 11) is 3.17. The summed E-state index contributed by atoms with van der Waals surface area (Å²) in [6.07, 6.45) is 2.15. The van der Waals surface area contributed by atoms with Crippen LogP contribution in [-0.4, -0.2) is 25.1 Å². The summed E-state index contributed by atoms with van der Waals surface area (Å²) >= 11 is 5.95. The predicted molar refractivity (Wildman–Crippen MR) is 90.3 cm³/mol. The van der Waals surface area contributed by atoms with Gasteiger partial charge in [0.25, 0.3) is 0 Å². The summed E-state index contributed by atoms with van der Waals surface area (Å²) in [6, 6.07) is 9.06. The molecule has 0 bridgehead atoms. The lowest BCUT2D eigenvalue weighted by atomic mass is 10.00. The SMILES string of the molecule is COc1ccc(CC(C)C(=O)Nc2cccnc2Cl)cc1OC. The number of methoxy groups -OCH3 is 2. The Hall–Kier alpha value is -2.27. The van der Waals surface area contributed by atoms with Crippen LogP contribution in [0.5, 0.6) is 11.5 Å². The van der Waals surface area contributed by atoms with Gasteiger partial charge in [-0.25, -0.2) is 4.98 Å². The van der Waals surface area contributed by atoms with E-state index in [-0.39, 0.29) is 17.0 Å². The number of rotatable bonds is 6. The van der Waals surface area contributed by atoms with Crippen molar-refractivity contribution in [2.75, 3.05) is 19.5 Å². The van der Waals surface area contributed by atoms with E-state index in [1.165, 1.54) is 0 Å². The Kier molecular flexibility index (Phi) is 5.82. The van der Waals surface area contributed by atoms with Crippen LogP contribution in [0.1, 0.15) is 12.5 Å². The van der Waals surface area contributed by atoms with E-state index in [1.807, 2.05) is 25.1 Å². The van der Waals surface area contributed by atoms with E-state index < -0.39 is 0 Å². The number of halogens is 1. The van der Waals surface area contributed by atoms with E-state index >= 15 is 0 Å². The monoisotopic (exact) mass is 334 g/mol. The second kappa shape index (κ2) is 7.83. The molecule has 1 heterocycles. The molecule has 0 saturated carbocycles. The van der Waals surface area contributed by atoms with Gasteiger partial charge in [-0.1, -0.05) is 24.6 Å². The number of pyridine rings is 1. The number of ether oxygens (including phenoxy) is 2. The van der Waals surface area contributed by atoms with Gasteiger partial charge in [-0.2, -0.15) is 0 Å². The minimum absolute atomic E-state index is 0.116. The van der Waals surface area contributed by atoms with Gasteiger partial charge in [0.05, 0.1) is 19.9 Å². The minimum atomic E-state index is -0.232. The highest BCUT2D eigenvalue weighted by Gasteiger charge is 2.16. The van der Waals surface area contributed by atoms with Gasteiger partial charge in [0, 0.05) is 12.1 Å². The standard InChI is InChI=1S/C17H19ClN2O3/c1-11(17(21)20-13-5-4-8-19-16(13)18)9-12-6-7-14(22-2)15(10-12)23-3/h4-8,10-11H,9H2,1-3H3,(H,20,21). The Balaban J connectivity index is 2.05. The van der Waals surface area contributed by atoms with Crippen LogP contribution in [0.3, 0.4) is 0 Å². The van der Waals surface area contributed by atoms with Crippen LogP contribution >= 0.6 is 11.6 Å². The smallest absolute Gasteiger partial charge is 0.227 e. The zero-order chi connectivity index (χ0) is 16.8. The van der Waals surface area contributed by atoms with Crippen LogP contribution in [0.15, 0.2) is 36.5 Å². The van der Waals surface area contributed by atoms with E-state index in [4.69, 9.17) is 21.1 Å². The fraction of sp³-hybridized carbons (Fsp3) is 0.294. The Morgan fingerprint density at radius 1 is 1.26 bits per heavy atom. The van der Waals surface area contributed by atoms with E-state index in [0.717, 1.165) is 5.56 Å². The van der Waals surface area contributed by atoms with Crippen LogP contribution in [0.2, 0.25) is 5.15 Å². The lowest BCUT2D eigenvalue weighted by Gasteiger charge is -2.14. The number of carbonyl (C=O) groups is 1. The van der Waals surface area contributed by atoms with Crippen molar-refractivity contribution in [3.63, 3.8) is 0 Å². The van der Waals surface area contributed by atoms with Crippen LogP contribution in [-0.2, 0) is 11.2 Å². The van der Waals surface area contributed by atoms with Gasteiger partial charge in [-0.05, 0) is 36.2 Å². The highest BCUT2D eigenvalue weighted by molar-refractivity contribution is 6.32. The Labute approximate surface area is 140 Å². The van der Waals surface area contributed by atoms with Crippen LogP contribution in [0.25, 0.3) is 0 Å². The van der Waals surface area contributed by atoms with E-state index in [9.17, 15) is 4.79 Å². The molecule has 0 fully saturated rings. The molecule has 1 aromatic carbocycles. The van der Waals surface area contributed by atoms with Crippen molar-refractivity contribution in [2.45, 2.75) is 13.3 Å². The van der Waals surface area contributed by atoms with Gasteiger partial charge in [0.15, 0.2) is 16.7 Å². The number of anilines is 1. The summed E-state index contributed by atoms with van der Waals surface area (Å²) in [5.41, 5.74) is 1.50. The third kappa shape index (κ3) is 4.36. The Bertz CT molecular complexity index is 691. The number of carbonyl (C=O) groups excluding carboxylic acids is 1. The molecule has 0 saturated heterocycles. The third-order valence-corrected chi connectivity index (χ3v) is 3.76. The average Bonchev–Trinajstić information content (AvgIpc) is 2.56. The molecule has 0 aliphatic heterocycles. The average molecular weight is 335 g/mol. The van der Waals surface area contributed by atoms with Crippen molar-refractivity contribution in [2.24, 2.45) is 5.92 Å². The Morgan fingerprint density at radius 2 is 2.00 bits per heavy atom. The minimum Gasteiger partial charge on any atom is -0.493 e. The second-order valence-corrected chi connectivity index (χ2v) is 5.48. The highest BCUT2D eigenvalue weighted by Crippen LogP contribution is 2.28. The van der Waals surface area contributed by atoms with Crippen LogP contribution < -0.4 is 14.8 Å². The summed E-state index contributed by atoms with van der Waals surface area (Å²) in [5.74, 6) is 0.961. The number of nitrogens with one attached hydrogen (secondary N) is 1. The quantitative estimate of drug-likeness (QED) is 0.820. The van der Waals surface area contributed by atoms with Gasteiger partial charge in [-0.3, -0.25) is 4.79 Å². The zero-order valence-corrected chi connectivity index (χ0v) is 14.1. The maximum Gasteiger partial charge on any atom is 0.227 e. The van der Waals surface area contributed by atoms with Crippen molar-refractivity contribution in [3.8, 4) is 11.5 Å². The first kappa shape index (κ1) is 17.1. The van der Waals surface area contributed by atoms with Crippen LogP contribution in [0.4, 0.5) is 5.69 Å². The summed E-state index contributed by atoms with van der Waals surface area (Å²) in [4.78, 5) is 16.2. The van der Waals surface area contributed by atoms with Crippen molar-refractivity contribution >= 4 is 23.2 Å². The molecular formula is C17H19ClN2O3. The molecule has 0 spiro atoms. The normalized spacial score (nSPS) is 11.7. The molecule has 5 nitrogen and oxygen atoms in total. The summed E-state index contributed by atoms with van der Waals surface area (Å²) < 4.78 is 10.5. The van der Waals surface area contributed by atoms with Crippen molar-refractivity contribution in [1.82, 2.24) is 4.98 Å². The molecule has 0 aliphatic carbocycles. The zero-order valence-electron chi connectivity index (χ0n) is 13.3. The number of aromatic nitrogens is 1. The number of benzene rings is 1. The number of amides is 1. The van der Waals surface area contributed by atoms with Crippen molar-refractivity contribution < 1.29 is 14.3 Å². The van der Waals surface area contributed by atoms with Gasteiger partial charge < -0.3 is 14.8 Å². The number of hydrogen-bond donors (Lipinski definition) is 1. The van der Waals surface area contributed by atoms with Gasteiger partial charge >= 0.3 is 0 Å². The van der Waals surface area contributed by atoms with E-state index in [0.29, 0.717) is 23.6 Å². The van der Waals surface area contributed by atoms with Gasteiger partial charge in [0.1, 0.15) is 0 Å². The third-order valence-electron chi connectivity index (χ3n) is 3.45. The number of hydrogen-bond acceptors (Lipinski definition) is 4. The first-order valence-electron chi connectivity index (χ1n) is 7.17. The van der Waals surface area contributed by atoms with E-state index in [2.05, 4.69) is 10.3 Å². The first-order chi connectivity index (χ1) is 11.0. The van der Waals surface area contributed by atoms with Crippen molar-refractivity contribution in [1.29, 1.82) is 0 Å². The predicted octanol–water partition coefficient (Wildman–Crippen LogP) is 3.57. The molecule has 2 rings (SSSR count). The summed E-state index contributed by atoms with van der Waals surface area (Å²) in [6.45, 7) is 1.86. The molecule has 1 unspecified atom stereocenters. The molecule has 1 N–H and O–H groups in total. The molecule has 23 heavy (non-hydrogen) atoms. The molecule has 0 radical (unpaired) electrons. The molecule has 1 aromatic heterocycles. The molecule has 1 amide bonds. The molecule has 1 atom stereocenters. The first-order valence-corrected chi connectivity index (χ1v) is 7.55. The van der Waals surface area contributed by atoms with Gasteiger partial charge in [-0.15, -0.1) is 0 Å². The number of nitrogens with zero attached hydrogens (tertiary/aromatic N) is 1. The van der Waals surface area contributed by atoms with Crippen molar-refractivity contribution in [3.05, 3.63) is 47.2 Å². The molecule has 6 heteroatoms. The topological polar surface area (TPSA) is 60.5 Å². The second-order valence-electron chi connectivity index (χ2n) is 5.13. The van der Waals surface area contributed by atoms with Crippen LogP contribution in [0, 0.1) is 5.92 Å². The molecule has 0 aliphatic rings. The maximum atomic E-state index is 12.3. The molecule has 122 valence electrons. The molecule has 2 aromatic rings. The molecular weight excluding hydrogens is 316 g/mol. The maximum absolute atomic E-state index is 12.3. The lowest BCUT2D eigenvalue weighted by Crippen LogP contribution is -2.22. The fourth-order valence-corrected chi connectivity index (χ4v) is 2.36. The largest absolute Gasteiger partial charge is 0.493 e. The van der Waals surface area contributed by atoms with Gasteiger partial charge in [0.2, 0.25) is 5.91 Å². The van der Waals surface area contributed by atoms with E-state index in [1.54, 1.807) is 32.5 Å². The summed E-state index contributed by atoms with van der Waals surface area (Å²) in [5, 5.41) is 3.07. The lowest BCUT2D eigenvalue weighted by molar-refractivity contribution is -0.119.